The highest BCUT2D eigenvalue weighted by Crippen LogP contribution is 2.40. The summed E-state index contributed by atoms with van der Waals surface area (Å²) in [7, 11) is 3.31. The number of hydrogen-bond acceptors (Lipinski definition) is 7. The van der Waals surface area contributed by atoms with Crippen LogP contribution in [0.3, 0.4) is 0 Å². The van der Waals surface area contributed by atoms with E-state index in [0.29, 0.717) is 40.1 Å². The van der Waals surface area contributed by atoms with Crippen LogP contribution in [-0.2, 0) is 0 Å². The molecule has 2 saturated heterocycles. The molecule has 6 rings (SSSR count). The Morgan fingerprint density at radius 3 is 2.68 bits per heavy atom. The van der Waals surface area contributed by atoms with Gasteiger partial charge in [-0.25, -0.2) is 4.39 Å². The lowest BCUT2D eigenvalue weighted by molar-refractivity contribution is 0.0799. The van der Waals surface area contributed by atoms with E-state index in [1.165, 1.54) is 4.90 Å². The van der Waals surface area contributed by atoms with Gasteiger partial charge in [0.05, 0.1) is 11.7 Å². The molecule has 3 fully saturated rings. The van der Waals surface area contributed by atoms with E-state index in [1.54, 1.807) is 38.4 Å². The third-order valence-corrected chi connectivity index (χ3v) is 7.29. The predicted molar refractivity (Wildman–Crippen MR) is 126 cm³/mol. The minimum Gasteiger partial charge on any atom is -0.507 e. The first-order valence-corrected chi connectivity index (χ1v) is 11.9. The predicted octanol–water partition coefficient (Wildman–Crippen LogP) is 3.50. The number of amides is 1. The van der Waals surface area contributed by atoms with E-state index in [2.05, 4.69) is 20.4 Å². The first-order valence-electron chi connectivity index (χ1n) is 11.9. The Morgan fingerprint density at radius 1 is 1.15 bits per heavy atom. The molecule has 1 saturated carbocycles. The van der Waals surface area contributed by atoms with Crippen molar-refractivity contribution >= 4 is 22.7 Å². The van der Waals surface area contributed by atoms with E-state index < -0.39 is 6.17 Å². The summed E-state index contributed by atoms with van der Waals surface area (Å²) in [4.78, 5) is 15.8. The van der Waals surface area contributed by atoms with Gasteiger partial charge in [0.1, 0.15) is 17.5 Å². The number of aromatic hydroxyl groups is 1. The zero-order valence-electron chi connectivity index (χ0n) is 19.2. The van der Waals surface area contributed by atoms with Crippen LogP contribution in [0.1, 0.15) is 42.7 Å². The van der Waals surface area contributed by atoms with Crippen molar-refractivity contribution in [2.24, 2.45) is 0 Å². The van der Waals surface area contributed by atoms with Gasteiger partial charge >= 0.3 is 0 Å². The number of nitrogens with zero attached hydrogens (tertiary/aromatic N) is 4. The van der Waals surface area contributed by atoms with Gasteiger partial charge in [0, 0.05) is 43.2 Å². The molecule has 2 aromatic heterocycles. The topological polar surface area (TPSA) is 94.7 Å². The van der Waals surface area contributed by atoms with E-state index in [9.17, 15) is 9.90 Å². The van der Waals surface area contributed by atoms with Crippen molar-refractivity contribution in [2.75, 3.05) is 19.0 Å². The van der Waals surface area contributed by atoms with Gasteiger partial charge in [-0.15, -0.1) is 10.2 Å². The molecular weight excluding hydrogens is 437 g/mol. The van der Waals surface area contributed by atoms with Crippen molar-refractivity contribution in [2.45, 2.75) is 62.4 Å². The van der Waals surface area contributed by atoms with Crippen molar-refractivity contribution in [3.8, 4) is 17.0 Å². The third-order valence-electron chi connectivity index (χ3n) is 7.29. The van der Waals surface area contributed by atoms with Gasteiger partial charge in [0.2, 0.25) is 0 Å². The molecule has 0 unspecified atom stereocenters. The van der Waals surface area contributed by atoms with Crippen molar-refractivity contribution in [3.05, 3.63) is 36.1 Å². The van der Waals surface area contributed by atoms with Crippen molar-refractivity contribution in [1.29, 1.82) is 0 Å². The number of carbonyl (C=O) groups excluding carboxylic acids is 1. The molecule has 4 atom stereocenters. The summed E-state index contributed by atoms with van der Waals surface area (Å²) >= 11 is 0. The normalized spacial score (nSPS) is 26.1. The molecule has 1 aliphatic carbocycles. The maximum Gasteiger partial charge on any atom is 0.289 e. The fourth-order valence-corrected chi connectivity index (χ4v) is 5.44. The van der Waals surface area contributed by atoms with Crippen molar-refractivity contribution in [1.82, 2.24) is 20.4 Å². The number of alkyl halides is 1. The molecule has 0 radical (unpaired) electrons. The second-order valence-corrected chi connectivity index (χ2v) is 9.93. The highest BCUT2D eigenvalue weighted by molar-refractivity contribution is 5.97. The Morgan fingerprint density at radius 2 is 1.97 bits per heavy atom. The van der Waals surface area contributed by atoms with Gasteiger partial charge in [-0.3, -0.25) is 4.79 Å². The fourth-order valence-electron chi connectivity index (χ4n) is 5.44. The van der Waals surface area contributed by atoms with Crippen LogP contribution in [0.25, 0.3) is 22.2 Å². The summed E-state index contributed by atoms with van der Waals surface area (Å²) in [5.74, 6) is 0.656. The lowest BCUT2D eigenvalue weighted by Crippen LogP contribution is -2.57. The number of rotatable bonds is 5. The fraction of sp³-hybridized carbons (Fsp3) is 0.480. The Bertz CT molecular complexity index is 1240. The van der Waals surface area contributed by atoms with Crippen LogP contribution < -0.4 is 10.2 Å². The molecule has 3 aromatic rings. The summed E-state index contributed by atoms with van der Waals surface area (Å²) in [6, 6.07) is 8.93. The number of phenolic OH excluding ortho intramolecular Hbond substituents is 1. The van der Waals surface area contributed by atoms with E-state index in [4.69, 9.17) is 4.42 Å². The molecule has 34 heavy (non-hydrogen) atoms. The van der Waals surface area contributed by atoms with E-state index in [1.807, 2.05) is 6.07 Å². The van der Waals surface area contributed by atoms with Gasteiger partial charge in [-0.05, 0) is 62.4 Å². The van der Waals surface area contributed by atoms with Crippen LogP contribution in [0, 0.1) is 0 Å². The number of piperidine rings is 1. The number of anilines is 1. The zero-order chi connectivity index (χ0) is 23.6. The molecule has 1 amide bonds. The number of furan rings is 1. The second kappa shape index (κ2) is 7.94. The van der Waals surface area contributed by atoms with Gasteiger partial charge in [-0.1, -0.05) is 0 Å². The summed E-state index contributed by atoms with van der Waals surface area (Å²) in [5, 5.41) is 23.5. The molecule has 178 valence electrons. The summed E-state index contributed by atoms with van der Waals surface area (Å²) < 4.78 is 21.0. The average Bonchev–Trinajstić information content (AvgIpc) is 3.44. The lowest BCUT2D eigenvalue weighted by atomic mass is 9.95. The minimum atomic E-state index is -0.926. The van der Waals surface area contributed by atoms with Gasteiger partial charge in [0.25, 0.3) is 5.91 Å². The largest absolute Gasteiger partial charge is 0.507 e. The number of benzene rings is 1. The third kappa shape index (κ3) is 3.58. The molecule has 0 spiro atoms. The van der Waals surface area contributed by atoms with Crippen LogP contribution in [0.4, 0.5) is 10.2 Å². The highest BCUT2D eigenvalue weighted by atomic mass is 19.1. The van der Waals surface area contributed by atoms with E-state index in [0.717, 1.165) is 32.1 Å². The number of fused-ring (bicyclic) bond motifs is 3. The summed E-state index contributed by atoms with van der Waals surface area (Å²) in [6.07, 6.45) is 3.86. The van der Waals surface area contributed by atoms with Crippen molar-refractivity contribution in [3.63, 3.8) is 0 Å². The maximum absolute atomic E-state index is 15.3. The quantitative estimate of drug-likeness (QED) is 0.596. The molecule has 2 N–H and O–H groups in total. The first-order chi connectivity index (χ1) is 16.4. The minimum absolute atomic E-state index is 0.0250. The summed E-state index contributed by atoms with van der Waals surface area (Å²) in [5.41, 5.74) is 1.43. The molecule has 4 heterocycles. The van der Waals surface area contributed by atoms with Crippen LogP contribution in [-0.4, -0.2) is 70.5 Å². The molecule has 1 aromatic carbocycles. The SMILES string of the molecule is CN(C)C(=O)c1cc2cc(O)c(-c3ccc(N(C4CC4)[C@H]4C[C@@H]5CC[C@@H](N5)[C@H]4F)nn3)cc2o1. The Kier molecular flexibility index (Phi) is 4.98. The number of halogens is 1. The van der Waals surface area contributed by atoms with Crippen LogP contribution >= 0.6 is 0 Å². The molecule has 2 bridgehead atoms. The maximum atomic E-state index is 15.3. The van der Waals surface area contributed by atoms with Gasteiger partial charge < -0.3 is 24.6 Å². The van der Waals surface area contributed by atoms with E-state index >= 15 is 4.39 Å². The zero-order valence-corrected chi connectivity index (χ0v) is 19.2. The second-order valence-electron chi connectivity index (χ2n) is 9.93. The van der Waals surface area contributed by atoms with E-state index in [-0.39, 0.29) is 29.5 Å². The summed E-state index contributed by atoms with van der Waals surface area (Å²) in [6.45, 7) is 0. The standard InChI is InChI=1S/C25H28FN5O3/c1-30(2)25(33)22-10-13-9-20(32)16(12-21(13)34-22)17-7-8-23(29-28-17)31(15-4-5-15)19-11-14-3-6-18(27-14)24(19)26/h7-10,12,14-15,18-19,24,27,32H,3-6,11H2,1-2H3/t14-,18+,19-,24+/m0/s1. The first kappa shape index (κ1) is 21.3. The molecule has 8 nitrogen and oxygen atoms in total. The highest BCUT2D eigenvalue weighted by Gasteiger charge is 2.48. The molecule has 2 aliphatic heterocycles. The average molecular weight is 466 g/mol. The number of aromatic nitrogens is 2. The van der Waals surface area contributed by atoms with Gasteiger partial charge in [-0.2, -0.15) is 0 Å². The monoisotopic (exact) mass is 465 g/mol. The van der Waals surface area contributed by atoms with Crippen LogP contribution in [0.2, 0.25) is 0 Å². The Balaban J connectivity index is 1.30. The Hall–Kier alpha value is -3.20. The van der Waals surface area contributed by atoms with Crippen molar-refractivity contribution < 1.29 is 18.7 Å². The number of carbonyl (C=O) groups is 1. The van der Waals surface area contributed by atoms with Gasteiger partial charge in [0.15, 0.2) is 11.6 Å². The lowest BCUT2D eigenvalue weighted by Gasteiger charge is -2.41. The molecule has 9 heteroatoms. The molecule has 3 aliphatic rings. The number of phenols is 1. The van der Waals surface area contributed by atoms with Crippen LogP contribution in [0.5, 0.6) is 5.75 Å². The number of hydrogen-bond donors (Lipinski definition) is 2. The number of nitrogens with one attached hydrogen (secondary N) is 1. The Labute approximate surface area is 196 Å². The molecular formula is C25H28FN5O3. The van der Waals surface area contributed by atoms with Crippen LogP contribution in [0.15, 0.2) is 34.7 Å². The smallest absolute Gasteiger partial charge is 0.289 e.